The van der Waals surface area contributed by atoms with Crippen molar-refractivity contribution in [2.75, 3.05) is 31.0 Å². The number of carbonyl (C=O) groups is 2. The molecule has 0 saturated carbocycles. The van der Waals surface area contributed by atoms with Crippen molar-refractivity contribution in [2.45, 2.75) is 32.9 Å². The second-order valence-corrected chi connectivity index (χ2v) is 8.63. The highest BCUT2D eigenvalue weighted by molar-refractivity contribution is 8.00. The van der Waals surface area contributed by atoms with Crippen LogP contribution in [0, 0.1) is 13.8 Å². The minimum atomic E-state index is -0.997. The van der Waals surface area contributed by atoms with Gasteiger partial charge in [-0.2, -0.15) is 0 Å². The number of carbonyl (C=O) groups excluding carboxylic acids is 2. The fourth-order valence-electron chi connectivity index (χ4n) is 3.65. The first kappa shape index (κ1) is 22.0. The summed E-state index contributed by atoms with van der Waals surface area (Å²) in [5, 5.41) is 3.07. The lowest BCUT2D eigenvalue weighted by Crippen LogP contribution is -2.61. The highest BCUT2D eigenvalue weighted by Crippen LogP contribution is 2.34. The fraction of sp³-hybridized carbons (Fsp3) is 0.391. The number of hydrogen-bond acceptors (Lipinski definition) is 5. The summed E-state index contributed by atoms with van der Waals surface area (Å²) in [4.78, 5) is 28.0. The average molecular weight is 429 g/mol. The second kappa shape index (κ2) is 9.00. The summed E-state index contributed by atoms with van der Waals surface area (Å²) in [5.74, 6) is 1.92. The zero-order chi connectivity index (χ0) is 21.9. The SMILES string of the molecule is COc1ccc(OC)c(CN2C(=O)CSCC2(C)C(=O)Nc2c(C)cccc2C)c1. The molecule has 3 rings (SSSR count). The number of nitrogens with zero attached hydrogens (tertiary/aromatic N) is 1. The van der Waals surface area contributed by atoms with Crippen LogP contribution in [0.5, 0.6) is 11.5 Å². The van der Waals surface area contributed by atoms with E-state index in [0.29, 0.717) is 23.0 Å². The summed E-state index contributed by atoms with van der Waals surface area (Å²) in [6.07, 6.45) is 0. The van der Waals surface area contributed by atoms with Gasteiger partial charge in [0, 0.05) is 17.0 Å². The van der Waals surface area contributed by atoms with Crippen molar-refractivity contribution in [3.63, 3.8) is 0 Å². The van der Waals surface area contributed by atoms with Crippen LogP contribution in [0.15, 0.2) is 36.4 Å². The van der Waals surface area contributed by atoms with Gasteiger partial charge in [-0.1, -0.05) is 18.2 Å². The van der Waals surface area contributed by atoms with Crippen LogP contribution in [0.1, 0.15) is 23.6 Å². The Morgan fingerprint density at radius 2 is 1.87 bits per heavy atom. The molecule has 1 fully saturated rings. The summed E-state index contributed by atoms with van der Waals surface area (Å²) < 4.78 is 10.8. The summed E-state index contributed by atoms with van der Waals surface area (Å²) in [6.45, 7) is 6.01. The monoisotopic (exact) mass is 428 g/mol. The Hall–Kier alpha value is -2.67. The van der Waals surface area contributed by atoms with Crippen LogP contribution in [0.2, 0.25) is 0 Å². The number of methoxy groups -OCH3 is 2. The molecule has 1 unspecified atom stereocenters. The second-order valence-electron chi connectivity index (χ2n) is 7.65. The number of anilines is 1. The Labute approximate surface area is 181 Å². The number of benzene rings is 2. The fourth-order valence-corrected chi connectivity index (χ4v) is 4.77. The predicted molar refractivity (Wildman–Crippen MR) is 120 cm³/mol. The number of nitrogens with one attached hydrogen (secondary N) is 1. The third-order valence-electron chi connectivity index (χ3n) is 5.53. The van der Waals surface area contributed by atoms with Crippen molar-refractivity contribution in [3.8, 4) is 11.5 Å². The van der Waals surface area contributed by atoms with Crippen molar-refractivity contribution < 1.29 is 19.1 Å². The van der Waals surface area contributed by atoms with Crippen LogP contribution in [0.3, 0.4) is 0 Å². The van der Waals surface area contributed by atoms with Gasteiger partial charge >= 0.3 is 0 Å². The third kappa shape index (κ3) is 4.26. The maximum Gasteiger partial charge on any atom is 0.250 e. The van der Waals surface area contributed by atoms with Gasteiger partial charge < -0.3 is 19.7 Å². The third-order valence-corrected chi connectivity index (χ3v) is 6.75. The molecule has 7 heteroatoms. The van der Waals surface area contributed by atoms with E-state index in [4.69, 9.17) is 9.47 Å². The molecule has 1 aliphatic rings. The molecule has 2 aromatic carbocycles. The van der Waals surface area contributed by atoms with Crippen molar-refractivity contribution >= 4 is 29.3 Å². The molecule has 0 aromatic heterocycles. The molecule has 1 N–H and O–H groups in total. The number of ether oxygens (including phenoxy) is 2. The molecule has 160 valence electrons. The lowest BCUT2D eigenvalue weighted by molar-refractivity contribution is -0.142. The summed E-state index contributed by atoms with van der Waals surface area (Å²) in [6, 6.07) is 11.4. The Morgan fingerprint density at radius 3 is 2.50 bits per heavy atom. The van der Waals surface area contributed by atoms with Gasteiger partial charge in [0.05, 0.1) is 26.5 Å². The van der Waals surface area contributed by atoms with E-state index in [2.05, 4.69) is 5.32 Å². The van der Waals surface area contributed by atoms with Crippen LogP contribution in [-0.2, 0) is 16.1 Å². The predicted octanol–water partition coefficient (Wildman–Crippen LogP) is 3.79. The van der Waals surface area contributed by atoms with Crippen LogP contribution in [0.4, 0.5) is 5.69 Å². The smallest absolute Gasteiger partial charge is 0.250 e. The first-order valence-electron chi connectivity index (χ1n) is 9.77. The molecule has 2 aromatic rings. The Balaban J connectivity index is 1.94. The zero-order valence-electron chi connectivity index (χ0n) is 18.1. The van der Waals surface area contributed by atoms with Crippen molar-refractivity contribution in [1.82, 2.24) is 4.90 Å². The van der Waals surface area contributed by atoms with Crippen LogP contribution < -0.4 is 14.8 Å². The highest BCUT2D eigenvalue weighted by Gasteiger charge is 2.45. The number of hydrogen-bond donors (Lipinski definition) is 1. The van der Waals surface area contributed by atoms with E-state index in [9.17, 15) is 9.59 Å². The van der Waals surface area contributed by atoms with Crippen molar-refractivity contribution in [3.05, 3.63) is 53.1 Å². The molecule has 6 nitrogen and oxygen atoms in total. The van der Waals surface area contributed by atoms with Gasteiger partial charge in [-0.15, -0.1) is 11.8 Å². The summed E-state index contributed by atoms with van der Waals surface area (Å²) >= 11 is 1.48. The average Bonchev–Trinajstić information content (AvgIpc) is 2.73. The quantitative estimate of drug-likeness (QED) is 0.758. The lowest BCUT2D eigenvalue weighted by Gasteiger charge is -2.43. The van der Waals surface area contributed by atoms with Crippen LogP contribution in [-0.4, -0.2) is 48.0 Å². The minimum absolute atomic E-state index is 0.0738. The van der Waals surface area contributed by atoms with Gasteiger partial charge in [0.15, 0.2) is 0 Å². The number of thioether (sulfide) groups is 1. The van der Waals surface area contributed by atoms with E-state index in [1.54, 1.807) is 19.1 Å². The Bertz CT molecular complexity index is 942. The van der Waals surface area contributed by atoms with E-state index in [0.717, 1.165) is 22.4 Å². The lowest BCUT2D eigenvalue weighted by atomic mass is 9.98. The first-order valence-corrected chi connectivity index (χ1v) is 10.9. The molecule has 0 radical (unpaired) electrons. The van der Waals surface area contributed by atoms with Gasteiger partial charge in [-0.25, -0.2) is 0 Å². The molecule has 1 aliphatic heterocycles. The van der Waals surface area contributed by atoms with Gasteiger partial charge in [-0.05, 0) is 50.1 Å². The maximum absolute atomic E-state index is 13.4. The molecular formula is C23H28N2O4S. The van der Waals surface area contributed by atoms with Crippen LogP contribution >= 0.6 is 11.8 Å². The maximum atomic E-state index is 13.4. The zero-order valence-corrected chi connectivity index (χ0v) is 18.9. The molecule has 30 heavy (non-hydrogen) atoms. The van der Waals surface area contributed by atoms with E-state index in [-0.39, 0.29) is 18.4 Å². The number of rotatable bonds is 6. The number of para-hydroxylation sites is 1. The van der Waals surface area contributed by atoms with E-state index in [1.807, 2.05) is 57.2 Å². The van der Waals surface area contributed by atoms with Crippen molar-refractivity contribution in [2.24, 2.45) is 0 Å². The molecular weight excluding hydrogens is 400 g/mol. The van der Waals surface area contributed by atoms with Gasteiger partial charge in [0.2, 0.25) is 5.91 Å². The molecule has 1 atom stereocenters. The van der Waals surface area contributed by atoms with E-state index in [1.165, 1.54) is 11.8 Å². The first-order chi connectivity index (χ1) is 14.3. The minimum Gasteiger partial charge on any atom is -0.497 e. The van der Waals surface area contributed by atoms with Crippen LogP contribution in [0.25, 0.3) is 0 Å². The standard InChI is InChI=1S/C23H28N2O4S/c1-15-7-6-8-16(2)21(15)24-22(27)23(3)14-30-13-20(26)25(23)12-17-11-18(28-4)9-10-19(17)29-5/h6-11H,12-14H2,1-5H3,(H,24,27). The molecule has 0 bridgehead atoms. The molecule has 1 heterocycles. The normalized spacial score (nSPS) is 18.8. The van der Waals surface area contributed by atoms with Gasteiger partial charge in [-0.3, -0.25) is 9.59 Å². The number of aryl methyl sites for hydroxylation is 2. The van der Waals surface area contributed by atoms with E-state index >= 15 is 0 Å². The Kier molecular flexibility index (Phi) is 6.61. The summed E-state index contributed by atoms with van der Waals surface area (Å²) in [7, 11) is 3.18. The number of amides is 2. The largest absolute Gasteiger partial charge is 0.497 e. The topological polar surface area (TPSA) is 67.9 Å². The molecule has 1 saturated heterocycles. The van der Waals surface area contributed by atoms with Crippen molar-refractivity contribution in [1.29, 1.82) is 0 Å². The van der Waals surface area contributed by atoms with E-state index < -0.39 is 5.54 Å². The van der Waals surface area contributed by atoms with Gasteiger partial charge in [0.1, 0.15) is 17.0 Å². The van der Waals surface area contributed by atoms with Gasteiger partial charge in [0.25, 0.3) is 5.91 Å². The molecule has 2 amide bonds. The Morgan fingerprint density at radius 1 is 1.17 bits per heavy atom. The summed E-state index contributed by atoms with van der Waals surface area (Å²) in [5.41, 5.74) is 2.57. The highest BCUT2D eigenvalue weighted by atomic mass is 32.2. The molecule has 0 aliphatic carbocycles. The molecule has 0 spiro atoms.